The second-order valence-electron chi connectivity index (χ2n) is 4.09. The van der Waals surface area contributed by atoms with Crippen molar-refractivity contribution < 1.29 is 24.2 Å². The first kappa shape index (κ1) is 15.6. The Morgan fingerprint density at radius 1 is 1.30 bits per heavy atom. The molecule has 108 valence electrons. The molecule has 0 unspecified atom stereocenters. The average molecular weight is 280 g/mol. The summed E-state index contributed by atoms with van der Waals surface area (Å²) in [6.07, 6.45) is -1.52. The van der Waals surface area contributed by atoms with Crippen molar-refractivity contribution in [3.05, 3.63) is 35.9 Å². The molecule has 20 heavy (non-hydrogen) atoms. The molecule has 2 amide bonds. The number of aliphatic carboxylic acids is 1. The Hall–Kier alpha value is -2.41. The van der Waals surface area contributed by atoms with Gasteiger partial charge in [0.05, 0.1) is 6.42 Å². The molecule has 1 aromatic carbocycles. The second kappa shape index (κ2) is 7.25. The number of primary amides is 1. The predicted molar refractivity (Wildman–Crippen MR) is 69.6 cm³/mol. The largest absolute Gasteiger partial charge is 0.481 e. The molecule has 1 rings (SSSR count). The number of carbonyl (C=O) groups is 3. The zero-order valence-corrected chi connectivity index (χ0v) is 10.9. The number of nitrogens with two attached hydrogens (primary N) is 1. The lowest BCUT2D eigenvalue weighted by Gasteiger charge is -2.19. The summed E-state index contributed by atoms with van der Waals surface area (Å²) in [6.45, 7) is 0. The molecule has 4 N–H and O–H groups in total. The van der Waals surface area contributed by atoms with Gasteiger partial charge in [-0.2, -0.15) is 0 Å². The fraction of sp³-hybridized carbons (Fsp3) is 0.308. The van der Waals surface area contributed by atoms with E-state index < -0.39 is 36.4 Å². The standard InChI is InChI=1S/C13H16N2O5/c1-20-11(8-5-3-2-4-6-8)13(19)15-9(12(14)18)7-10(16)17/h2-6,9,11H,7H2,1H3,(H2,14,18)(H,15,19)(H,16,17)/t9-,11+/m0/s1. The van der Waals surface area contributed by atoms with Crippen LogP contribution in [0.3, 0.4) is 0 Å². The molecule has 0 aliphatic rings. The molecule has 7 nitrogen and oxygen atoms in total. The topological polar surface area (TPSA) is 119 Å². The Bertz CT molecular complexity index is 489. The molecule has 0 spiro atoms. The summed E-state index contributed by atoms with van der Waals surface area (Å²) in [6, 6.07) is 7.34. The van der Waals surface area contributed by atoms with Crippen LogP contribution in [0.4, 0.5) is 0 Å². The number of methoxy groups -OCH3 is 1. The highest BCUT2D eigenvalue weighted by Gasteiger charge is 2.26. The lowest BCUT2D eigenvalue weighted by Crippen LogP contribution is -2.47. The third-order valence-corrected chi connectivity index (χ3v) is 2.61. The van der Waals surface area contributed by atoms with E-state index >= 15 is 0 Å². The van der Waals surface area contributed by atoms with Crippen LogP contribution in [0.25, 0.3) is 0 Å². The number of carboxylic acid groups (broad SMARTS) is 1. The molecule has 2 atom stereocenters. The van der Waals surface area contributed by atoms with E-state index in [0.717, 1.165) is 0 Å². The summed E-state index contributed by atoms with van der Waals surface area (Å²) in [4.78, 5) is 33.8. The Kier molecular flexibility index (Phi) is 5.67. The number of carbonyl (C=O) groups excluding carboxylic acids is 2. The maximum atomic E-state index is 12.0. The molecule has 0 saturated carbocycles. The number of benzene rings is 1. The van der Waals surface area contributed by atoms with Gasteiger partial charge in [0.1, 0.15) is 6.04 Å². The van der Waals surface area contributed by atoms with Crippen LogP contribution in [0, 0.1) is 0 Å². The van der Waals surface area contributed by atoms with E-state index in [2.05, 4.69) is 5.32 Å². The van der Waals surface area contributed by atoms with Crippen LogP contribution in [-0.2, 0) is 19.1 Å². The number of hydrogen-bond donors (Lipinski definition) is 3. The summed E-state index contributed by atoms with van der Waals surface area (Å²) < 4.78 is 5.07. The van der Waals surface area contributed by atoms with Gasteiger partial charge in [0, 0.05) is 7.11 Å². The highest BCUT2D eigenvalue weighted by molar-refractivity contribution is 5.91. The minimum Gasteiger partial charge on any atom is -0.481 e. The zero-order valence-electron chi connectivity index (χ0n) is 10.9. The number of hydrogen-bond acceptors (Lipinski definition) is 4. The number of carboxylic acids is 1. The maximum Gasteiger partial charge on any atom is 0.305 e. The smallest absolute Gasteiger partial charge is 0.305 e. The van der Waals surface area contributed by atoms with E-state index in [1.807, 2.05) is 0 Å². The first-order chi connectivity index (χ1) is 9.45. The van der Waals surface area contributed by atoms with Gasteiger partial charge < -0.3 is 20.9 Å². The quantitative estimate of drug-likeness (QED) is 0.640. The molecule has 0 aliphatic heterocycles. The van der Waals surface area contributed by atoms with Gasteiger partial charge in [-0.1, -0.05) is 30.3 Å². The van der Waals surface area contributed by atoms with E-state index in [9.17, 15) is 14.4 Å². The van der Waals surface area contributed by atoms with E-state index in [4.69, 9.17) is 15.6 Å². The van der Waals surface area contributed by atoms with Crippen molar-refractivity contribution in [3.63, 3.8) is 0 Å². The number of nitrogens with one attached hydrogen (secondary N) is 1. The van der Waals surface area contributed by atoms with Gasteiger partial charge in [0.2, 0.25) is 5.91 Å². The molecule has 7 heteroatoms. The Morgan fingerprint density at radius 2 is 1.90 bits per heavy atom. The van der Waals surface area contributed by atoms with Gasteiger partial charge in [-0.15, -0.1) is 0 Å². The fourth-order valence-corrected chi connectivity index (χ4v) is 1.67. The first-order valence-electron chi connectivity index (χ1n) is 5.85. The van der Waals surface area contributed by atoms with Crippen LogP contribution in [-0.4, -0.2) is 36.0 Å². The Morgan fingerprint density at radius 3 is 2.35 bits per heavy atom. The number of ether oxygens (including phenoxy) is 1. The van der Waals surface area contributed by atoms with Crippen LogP contribution < -0.4 is 11.1 Å². The minimum atomic E-state index is -1.28. The second-order valence-corrected chi connectivity index (χ2v) is 4.09. The average Bonchev–Trinajstić information content (AvgIpc) is 2.39. The third kappa shape index (κ3) is 4.36. The molecule has 0 saturated heterocycles. The lowest BCUT2D eigenvalue weighted by atomic mass is 10.1. The highest BCUT2D eigenvalue weighted by Crippen LogP contribution is 2.16. The number of rotatable bonds is 7. The summed E-state index contributed by atoms with van der Waals surface area (Å²) >= 11 is 0. The number of amides is 2. The highest BCUT2D eigenvalue weighted by atomic mass is 16.5. The third-order valence-electron chi connectivity index (χ3n) is 2.61. The van der Waals surface area contributed by atoms with Crippen molar-refractivity contribution in [3.8, 4) is 0 Å². The summed E-state index contributed by atoms with van der Waals surface area (Å²) in [5.74, 6) is -2.77. The van der Waals surface area contributed by atoms with Gasteiger partial charge in [0.15, 0.2) is 6.10 Å². The van der Waals surface area contributed by atoms with E-state index in [0.29, 0.717) is 5.56 Å². The molecule has 0 aliphatic carbocycles. The summed E-state index contributed by atoms with van der Waals surface area (Å²) in [7, 11) is 1.34. The molecule has 1 aromatic rings. The van der Waals surface area contributed by atoms with Gasteiger partial charge in [-0.3, -0.25) is 14.4 Å². The molecule has 0 heterocycles. The van der Waals surface area contributed by atoms with Gasteiger partial charge in [0.25, 0.3) is 5.91 Å². The molecule has 0 aromatic heterocycles. The van der Waals surface area contributed by atoms with Gasteiger partial charge >= 0.3 is 5.97 Å². The van der Waals surface area contributed by atoms with Gasteiger partial charge in [-0.25, -0.2) is 0 Å². The van der Waals surface area contributed by atoms with Crippen LogP contribution in [0.15, 0.2) is 30.3 Å². The van der Waals surface area contributed by atoms with Crippen LogP contribution in [0.5, 0.6) is 0 Å². The van der Waals surface area contributed by atoms with Crippen molar-refractivity contribution in [2.24, 2.45) is 5.73 Å². The molecule has 0 bridgehead atoms. The van der Waals surface area contributed by atoms with Crippen molar-refractivity contribution in [1.82, 2.24) is 5.32 Å². The van der Waals surface area contributed by atoms with Crippen molar-refractivity contribution in [2.75, 3.05) is 7.11 Å². The van der Waals surface area contributed by atoms with Gasteiger partial charge in [-0.05, 0) is 5.56 Å². The molecular formula is C13H16N2O5. The molecular weight excluding hydrogens is 264 g/mol. The van der Waals surface area contributed by atoms with Crippen LogP contribution in [0.1, 0.15) is 18.1 Å². The Labute approximate surface area is 115 Å². The van der Waals surface area contributed by atoms with E-state index in [1.54, 1.807) is 30.3 Å². The molecule has 0 fully saturated rings. The lowest BCUT2D eigenvalue weighted by molar-refractivity contribution is -0.141. The Balaban J connectivity index is 2.81. The monoisotopic (exact) mass is 280 g/mol. The van der Waals surface area contributed by atoms with E-state index in [-0.39, 0.29) is 0 Å². The van der Waals surface area contributed by atoms with Crippen molar-refractivity contribution >= 4 is 17.8 Å². The zero-order chi connectivity index (χ0) is 15.1. The molecule has 0 radical (unpaired) electrons. The maximum absolute atomic E-state index is 12.0. The van der Waals surface area contributed by atoms with Crippen molar-refractivity contribution in [1.29, 1.82) is 0 Å². The fourth-order valence-electron chi connectivity index (χ4n) is 1.67. The van der Waals surface area contributed by atoms with E-state index in [1.165, 1.54) is 7.11 Å². The SMILES string of the molecule is CO[C@@H](C(=O)N[C@@H](CC(=O)O)C(N)=O)c1ccccc1. The summed E-state index contributed by atoms with van der Waals surface area (Å²) in [5, 5.41) is 10.9. The predicted octanol–water partition coefficient (Wildman–Crippen LogP) is -0.181. The summed E-state index contributed by atoms with van der Waals surface area (Å²) in [5.41, 5.74) is 5.64. The van der Waals surface area contributed by atoms with Crippen LogP contribution in [0.2, 0.25) is 0 Å². The first-order valence-corrected chi connectivity index (χ1v) is 5.85. The van der Waals surface area contributed by atoms with Crippen LogP contribution >= 0.6 is 0 Å². The normalized spacial score (nSPS) is 13.2. The minimum absolute atomic E-state index is 0.577. The van der Waals surface area contributed by atoms with Crippen molar-refractivity contribution in [2.45, 2.75) is 18.6 Å².